The van der Waals surface area contributed by atoms with Crippen LogP contribution in [0, 0.1) is 11.3 Å². The molecule has 3 amide bonds. The highest BCUT2D eigenvalue weighted by Crippen LogP contribution is 2.33. The van der Waals surface area contributed by atoms with Crippen LogP contribution < -0.4 is 16.0 Å². The first kappa shape index (κ1) is 20.5. The summed E-state index contributed by atoms with van der Waals surface area (Å²) in [4.78, 5) is 32.8. The Bertz CT molecular complexity index is 997. The lowest BCUT2D eigenvalue weighted by atomic mass is 10.1. The molecule has 1 fully saturated rings. The average molecular weight is 433 g/mol. The second-order valence-corrected chi connectivity index (χ2v) is 7.28. The van der Waals surface area contributed by atoms with E-state index in [1.807, 2.05) is 11.4 Å². The Morgan fingerprint density at radius 2 is 2.16 bits per heavy atom. The van der Waals surface area contributed by atoms with Gasteiger partial charge < -0.3 is 15.5 Å². The summed E-state index contributed by atoms with van der Waals surface area (Å²) in [5.74, 6) is -0.242. The highest BCUT2D eigenvalue weighted by molar-refractivity contribution is 5.91. The van der Waals surface area contributed by atoms with Gasteiger partial charge in [0, 0.05) is 19.3 Å². The summed E-state index contributed by atoms with van der Waals surface area (Å²) in [6.07, 6.45) is 0.624. The van der Waals surface area contributed by atoms with Gasteiger partial charge in [0.25, 0.3) is 0 Å². The van der Waals surface area contributed by atoms with E-state index >= 15 is 0 Å². The Kier molecular flexibility index (Phi) is 5.18. The number of amides is 3. The highest BCUT2D eigenvalue weighted by Gasteiger charge is 2.42. The zero-order valence-corrected chi connectivity index (χ0v) is 16.1. The molecule has 1 unspecified atom stereocenters. The van der Waals surface area contributed by atoms with Crippen LogP contribution in [0.5, 0.6) is 0 Å². The molecule has 0 radical (unpaired) electrons. The second-order valence-electron chi connectivity index (χ2n) is 7.28. The largest absolute Gasteiger partial charge is 0.405 e. The van der Waals surface area contributed by atoms with Crippen LogP contribution in [0.4, 0.5) is 23.8 Å². The van der Waals surface area contributed by atoms with E-state index in [-0.39, 0.29) is 11.9 Å². The third kappa shape index (κ3) is 4.25. The molecule has 0 aromatic carbocycles. The first-order valence-electron chi connectivity index (χ1n) is 9.50. The summed E-state index contributed by atoms with van der Waals surface area (Å²) < 4.78 is 37.3. The maximum atomic E-state index is 13.0. The molecule has 4 rings (SSSR count). The van der Waals surface area contributed by atoms with Crippen molar-refractivity contribution >= 4 is 17.8 Å². The van der Waals surface area contributed by atoms with Crippen molar-refractivity contribution in [2.75, 3.05) is 25.0 Å². The molecule has 162 valence electrons. The van der Waals surface area contributed by atoms with Crippen LogP contribution in [0.15, 0.2) is 42.0 Å². The van der Waals surface area contributed by atoms with E-state index in [1.165, 1.54) is 29.3 Å². The van der Waals surface area contributed by atoms with Gasteiger partial charge in [-0.1, -0.05) is 6.08 Å². The van der Waals surface area contributed by atoms with Gasteiger partial charge in [-0.25, -0.2) is 9.78 Å². The van der Waals surface area contributed by atoms with Gasteiger partial charge in [-0.15, -0.1) is 0 Å². The quantitative estimate of drug-likeness (QED) is 0.661. The monoisotopic (exact) mass is 433 g/mol. The van der Waals surface area contributed by atoms with Crippen LogP contribution in [0.25, 0.3) is 0 Å². The normalized spacial score (nSPS) is 21.9. The van der Waals surface area contributed by atoms with Crippen molar-refractivity contribution in [3.63, 3.8) is 0 Å². The molecule has 1 aromatic rings. The number of alkyl halides is 3. The number of hydrogen-bond acceptors (Lipinski definition) is 6. The Hall–Kier alpha value is -3.75. The predicted octanol–water partition coefficient (Wildman–Crippen LogP) is 1.25. The Labute approximate surface area is 175 Å². The zero-order chi connectivity index (χ0) is 22.2. The number of anilines is 1. The molecule has 0 saturated carbocycles. The number of hydrogen-bond donors (Lipinski definition) is 3. The summed E-state index contributed by atoms with van der Waals surface area (Å²) >= 11 is 0. The van der Waals surface area contributed by atoms with Crippen molar-refractivity contribution in [2.24, 2.45) is 0 Å². The molecule has 2 bridgehead atoms. The number of nitrogens with one attached hydrogen (secondary N) is 3. The number of nitrogens with zero attached hydrogens (tertiary/aromatic N) is 4. The van der Waals surface area contributed by atoms with Gasteiger partial charge in [-0.05, 0) is 24.6 Å². The van der Waals surface area contributed by atoms with Crippen molar-refractivity contribution < 1.29 is 22.8 Å². The van der Waals surface area contributed by atoms with Crippen molar-refractivity contribution in [3.8, 4) is 6.07 Å². The lowest BCUT2D eigenvalue weighted by Crippen LogP contribution is -2.56. The lowest BCUT2D eigenvalue weighted by Gasteiger charge is -2.40. The molecule has 9 nitrogen and oxygen atoms in total. The lowest BCUT2D eigenvalue weighted by molar-refractivity contribution is -0.138. The topological polar surface area (TPSA) is 113 Å². The third-order valence-electron chi connectivity index (χ3n) is 5.18. The molecule has 1 saturated heterocycles. The summed E-state index contributed by atoms with van der Waals surface area (Å²) in [6, 6.07) is 3.24. The number of dihydropyridines is 1. The minimum atomic E-state index is -4.52. The molecule has 0 aliphatic carbocycles. The Balaban J connectivity index is 1.52. The number of allylic oxidation sites excluding steroid dienone is 1. The number of urea groups is 1. The Morgan fingerprint density at radius 1 is 1.35 bits per heavy atom. The summed E-state index contributed by atoms with van der Waals surface area (Å²) in [6.45, 7) is -0.129. The molecule has 31 heavy (non-hydrogen) atoms. The standard InChI is InChI=1S/C19H18F3N7O2/c20-19(21,22)10-25-17(30)13-2-3-14-16(26-13)29(12-5-6-28(14)9-12)18(31)27-15-4-1-11(7-23)8-24-15/h1-4,8,12-13,26H,5-6,9-10H2,(H,25,30)(H,24,27,31)/t12-,13?/m0/s1. The molecular formula is C19H18F3N7O2. The van der Waals surface area contributed by atoms with Crippen LogP contribution in [-0.4, -0.2) is 64.6 Å². The van der Waals surface area contributed by atoms with E-state index in [9.17, 15) is 22.8 Å². The Morgan fingerprint density at radius 3 is 2.84 bits per heavy atom. The van der Waals surface area contributed by atoms with Crippen molar-refractivity contribution in [1.82, 2.24) is 25.4 Å². The zero-order valence-electron chi connectivity index (χ0n) is 16.1. The SMILES string of the molecule is N#Cc1ccc(NC(=O)N2C3=C(C=CC(C(=O)NCC(F)(F)F)N3)N3CC[C@H]2C3)nc1. The fourth-order valence-corrected chi connectivity index (χ4v) is 3.76. The van der Waals surface area contributed by atoms with E-state index in [4.69, 9.17) is 5.26 Å². The van der Waals surface area contributed by atoms with Gasteiger partial charge >= 0.3 is 12.2 Å². The predicted molar refractivity (Wildman–Crippen MR) is 102 cm³/mol. The maximum Gasteiger partial charge on any atom is 0.405 e. The number of halogens is 3. The molecule has 2 atom stereocenters. The average Bonchev–Trinajstić information content (AvgIpc) is 3.16. The van der Waals surface area contributed by atoms with Gasteiger partial charge in [0.05, 0.1) is 17.3 Å². The van der Waals surface area contributed by atoms with Crippen molar-refractivity contribution in [3.05, 3.63) is 47.6 Å². The minimum absolute atomic E-state index is 0.171. The van der Waals surface area contributed by atoms with Gasteiger partial charge in [-0.2, -0.15) is 18.4 Å². The number of aromatic nitrogens is 1. The van der Waals surface area contributed by atoms with Crippen LogP contribution in [0.3, 0.4) is 0 Å². The van der Waals surface area contributed by atoms with E-state index in [0.29, 0.717) is 36.6 Å². The molecule has 3 N–H and O–H groups in total. The summed E-state index contributed by atoms with van der Waals surface area (Å²) in [5.41, 5.74) is 1.04. The van der Waals surface area contributed by atoms with E-state index in [2.05, 4.69) is 20.5 Å². The van der Waals surface area contributed by atoms with Gasteiger partial charge in [0.1, 0.15) is 30.3 Å². The van der Waals surface area contributed by atoms with E-state index < -0.39 is 30.7 Å². The molecule has 4 heterocycles. The number of pyridine rings is 1. The summed E-state index contributed by atoms with van der Waals surface area (Å²) in [7, 11) is 0. The van der Waals surface area contributed by atoms with Crippen molar-refractivity contribution in [1.29, 1.82) is 5.26 Å². The van der Waals surface area contributed by atoms with Crippen LogP contribution in [0.2, 0.25) is 0 Å². The fourth-order valence-electron chi connectivity index (χ4n) is 3.76. The van der Waals surface area contributed by atoms with Crippen LogP contribution in [-0.2, 0) is 4.79 Å². The van der Waals surface area contributed by atoms with E-state index in [1.54, 1.807) is 6.08 Å². The molecule has 12 heteroatoms. The molecule has 0 spiro atoms. The van der Waals surface area contributed by atoms with Gasteiger partial charge in [0.15, 0.2) is 0 Å². The van der Waals surface area contributed by atoms with E-state index in [0.717, 1.165) is 0 Å². The maximum absolute atomic E-state index is 13.0. The minimum Gasteiger partial charge on any atom is -0.366 e. The molecule has 1 aromatic heterocycles. The first-order chi connectivity index (χ1) is 14.7. The number of rotatable bonds is 3. The number of carbonyl (C=O) groups is 2. The van der Waals surface area contributed by atoms with Crippen molar-refractivity contribution in [2.45, 2.75) is 24.7 Å². The molecular weight excluding hydrogens is 415 g/mol. The van der Waals surface area contributed by atoms with Crippen LogP contribution in [0.1, 0.15) is 12.0 Å². The number of nitriles is 1. The number of fused-ring (bicyclic) bond motifs is 3. The highest BCUT2D eigenvalue weighted by atomic mass is 19.4. The second kappa shape index (κ2) is 7.82. The fraction of sp³-hybridized carbons (Fsp3) is 0.368. The van der Waals surface area contributed by atoms with Gasteiger partial charge in [-0.3, -0.25) is 15.0 Å². The molecule has 3 aliphatic heterocycles. The van der Waals surface area contributed by atoms with Crippen LogP contribution >= 0.6 is 0 Å². The summed E-state index contributed by atoms with van der Waals surface area (Å²) in [5, 5.41) is 16.3. The first-order valence-corrected chi connectivity index (χ1v) is 9.50. The third-order valence-corrected chi connectivity index (χ3v) is 5.18. The molecule has 3 aliphatic rings. The van der Waals surface area contributed by atoms with Gasteiger partial charge in [0.2, 0.25) is 5.91 Å². The smallest absolute Gasteiger partial charge is 0.366 e. The number of carbonyl (C=O) groups excluding carboxylic acids is 2.